The molecule has 2 amide bonds. The smallest absolute Gasteiger partial charge is 0.317 e. The second kappa shape index (κ2) is 3.18. The van der Waals surface area contributed by atoms with Crippen molar-refractivity contribution < 1.29 is 4.79 Å². The first-order chi connectivity index (χ1) is 6.18. The lowest BCUT2D eigenvalue weighted by atomic mass is 10.2. The number of nitrogens with zero attached hydrogens (tertiary/aromatic N) is 1. The third-order valence-corrected chi connectivity index (χ3v) is 2.98. The van der Waals surface area contributed by atoms with E-state index in [1.807, 2.05) is 11.8 Å². The van der Waals surface area contributed by atoms with Crippen LogP contribution in [0.1, 0.15) is 26.2 Å². The molecule has 0 aromatic rings. The van der Waals surface area contributed by atoms with Gasteiger partial charge in [-0.15, -0.1) is 0 Å². The second-order valence-electron chi connectivity index (χ2n) is 4.11. The number of hydrogen-bond donors (Lipinski definition) is 2. The van der Waals surface area contributed by atoms with Crippen molar-refractivity contribution in [2.75, 3.05) is 6.54 Å². The van der Waals surface area contributed by atoms with Gasteiger partial charge in [0.1, 0.15) is 0 Å². The Hall–Kier alpha value is -0.770. The molecule has 1 saturated carbocycles. The predicted molar refractivity (Wildman–Crippen MR) is 50.3 cm³/mol. The summed E-state index contributed by atoms with van der Waals surface area (Å²) in [5.74, 6) is 0. The molecule has 0 bridgehead atoms. The summed E-state index contributed by atoms with van der Waals surface area (Å²) in [5.41, 5.74) is 5.83. The maximum atomic E-state index is 11.6. The molecule has 0 spiro atoms. The molecule has 0 aromatic carbocycles. The molecule has 2 aliphatic rings. The quantitative estimate of drug-likeness (QED) is 0.613. The van der Waals surface area contributed by atoms with Gasteiger partial charge in [0.15, 0.2) is 0 Å². The number of hydrogen-bond acceptors (Lipinski definition) is 2. The number of nitrogens with one attached hydrogen (secondary N) is 1. The largest absolute Gasteiger partial charge is 0.335 e. The number of amides is 2. The number of urea groups is 1. The van der Waals surface area contributed by atoms with E-state index >= 15 is 0 Å². The first-order valence-corrected chi connectivity index (χ1v) is 5.01. The van der Waals surface area contributed by atoms with Crippen LogP contribution in [0.4, 0.5) is 4.79 Å². The van der Waals surface area contributed by atoms with Gasteiger partial charge in [0.25, 0.3) is 0 Å². The Morgan fingerprint density at radius 3 is 2.62 bits per heavy atom. The van der Waals surface area contributed by atoms with Crippen LogP contribution in [0.2, 0.25) is 0 Å². The molecule has 0 radical (unpaired) electrons. The molecule has 1 heterocycles. The minimum atomic E-state index is 0.0722. The molecule has 2 unspecified atom stereocenters. The molecule has 2 rings (SSSR count). The van der Waals surface area contributed by atoms with E-state index in [1.165, 1.54) is 0 Å². The molecule has 1 aliphatic heterocycles. The molecule has 1 aliphatic carbocycles. The zero-order valence-electron chi connectivity index (χ0n) is 7.99. The summed E-state index contributed by atoms with van der Waals surface area (Å²) in [7, 11) is 0. The first kappa shape index (κ1) is 8.81. The van der Waals surface area contributed by atoms with Gasteiger partial charge in [0.05, 0.1) is 0 Å². The normalized spacial score (nSPS) is 33.5. The Labute approximate surface area is 78.5 Å². The standard InChI is InChI=1S/C9H17N3O/c1-6-8(10)4-5-12(6)9(13)11-7-2-3-7/h6-8H,2-5,10H2,1H3,(H,11,13). The minimum Gasteiger partial charge on any atom is -0.335 e. The predicted octanol–water partition coefficient (Wildman–Crippen LogP) is 0.280. The number of carbonyl (C=O) groups excluding carboxylic acids is 1. The van der Waals surface area contributed by atoms with Gasteiger partial charge in [-0.05, 0) is 26.2 Å². The fourth-order valence-corrected chi connectivity index (χ4v) is 1.74. The Morgan fingerprint density at radius 1 is 1.46 bits per heavy atom. The first-order valence-electron chi connectivity index (χ1n) is 5.01. The van der Waals surface area contributed by atoms with Crippen LogP contribution in [-0.2, 0) is 0 Å². The Balaban J connectivity index is 1.88. The van der Waals surface area contributed by atoms with Gasteiger partial charge in [-0.25, -0.2) is 4.79 Å². The maximum absolute atomic E-state index is 11.6. The number of carbonyl (C=O) groups is 1. The number of nitrogens with two attached hydrogens (primary N) is 1. The Bertz CT molecular complexity index is 215. The van der Waals surface area contributed by atoms with E-state index in [4.69, 9.17) is 5.73 Å². The van der Waals surface area contributed by atoms with Crippen molar-refractivity contribution in [3.05, 3.63) is 0 Å². The van der Waals surface area contributed by atoms with Crippen LogP contribution in [0.3, 0.4) is 0 Å². The summed E-state index contributed by atoms with van der Waals surface area (Å²) in [6.45, 7) is 2.82. The average Bonchev–Trinajstić information content (AvgIpc) is 2.82. The zero-order valence-corrected chi connectivity index (χ0v) is 7.99. The van der Waals surface area contributed by atoms with Crippen LogP contribution in [0.5, 0.6) is 0 Å². The van der Waals surface area contributed by atoms with E-state index in [-0.39, 0.29) is 18.1 Å². The summed E-state index contributed by atoms with van der Waals surface area (Å²) in [6.07, 6.45) is 3.21. The fourth-order valence-electron chi connectivity index (χ4n) is 1.74. The van der Waals surface area contributed by atoms with Crippen LogP contribution < -0.4 is 11.1 Å². The van der Waals surface area contributed by atoms with Crippen molar-refractivity contribution in [1.82, 2.24) is 10.2 Å². The van der Waals surface area contributed by atoms with E-state index in [0.717, 1.165) is 25.8 Å². The third-order valence-electron chi connectivity index (χ3n) is 2.98. The van der Waals surface area contributed by atoms with E-state index in [9.17, 15) is 4.79 Å². The van der Waals surface area contributed by atoms with Gasteiger partial charge >= 0.3 is 6.03 Å². The second-order valence-corrected chi connectivity index (χ2v) is 4.11. The van der Waals surface area contributed by atoms with Crippen LogP contribution in [0, 0.1) is 0 Å². The molecule has 3 N–H and O–H groups in total. The number of likely N-dealkylation sites (tertiary alicyclic amines) is 1. The Morgan fingerprint density at radius 2 is 2.15 bits per heavy atom. The highest BCUT2D eigenvalue weighted by atomic mass is 16.2. The average molecular weight is 183 g/mol. The molecule has 1 saturated heterocycles. The van der Waals surface area contributed by atoms with Gasteiger partial charge in [-0.3, -0.25) is 0 Å². The maximum Gasteiger partial charge on any atom is 0.317 e. The molecule has 4 nitrogen and oxygen atoms in total. The molecule has 2 atom stereocenters. The third kappa shape index (κ3) is 1.77. The van der Waals surface area contributed by atoms with E-state index in [2.05, 4.69) is 5.32 Å². The van der Waals surface area contributed by atoms with Gasteiger partial charge < -0.3 is 16.0 Å². The summed E-state index contributed by atoms with van der Waals surface area (Å²) >= 11 is 0. The molecule has 13 heavy (non-hydrogen) atoms. The van der Waals surface area contributed by atoms with Crippen LogP contribution in [0.15, 0.2) is 0 Å². The fraction of sp³-hybridized carbons (Fsp3) is 0.889. The lowest BCUT2D eigenvalue weighted by molar-refractivity contribution is 0.194. The summed E-state index contributed by atoms with van der Waals surface area (Å²) in [6, 6.07) is 0.864. The van der Waals surface area contributed by atoms with Gasteiger partial charge in [-0.2, -0.15) is 0 Å². The molecule has 2 fully saturated rings. The summed E-state index contributed by atoms with van der Waals surface area (Å²) in [5, 5.41) is 2.98. The zero-order chi connectivity index (χ0) is 9.42. The SMILES string of the molecule is CC1C(N)CCN1C(=O)NC1CC1. The van der Waals surface area contributed by atoms with Gasteiger partial charge in [0.2, 0.25) is 0 Å². The Kier molecular flexibility index (Phi) is 2.15. The minimum absolute atomic E-state index is 0.0722. The van der Waals surface area contributed by atoms with E-state index in [1.54, 1.807) is 0 Å². The van der Waals surface area contributed by atoms with Crippen molar-refractivity contribution in [1.29, 1.82) is 0 Å². The van der Waals surface area contributed by atoms with Gasteiger partial charge in [-0.1, -0.05) is 0 Å². The van der Waals surface area contributed by atoms with Crippen molar-refractivity contribution in [3.63, 3.8) is 0 Å². The topological polar surface area (TPSA) is 58.4 Å². The lowest BCUT2D eigenvalue weighted by Gasteiger charge is -2.23. The van der Waals surface area contributed by atoms with Crippen LogP contribution in [-0.4, -0.2) is 35.6 Å². The number of rotatable bonds is 1. The molecular formula is C9H17N3O. The highest BCUT2D eigenvalue weighted by Crippen LogP contribution is 2.21. The van der Waals surface area contributed by atoms with Crippen LogP contribution in [0.25, 0.3) is 0 Å². The molecule has 0 aromatic heterocycles. The van der Waals surface area contributed by atoms with Crippen molar-refractivity contribution in [2.45, 2.75) is 44.3 Å². The highest BCUT2D eigenvalue weighted by Gasteiger charge is 2.33. The van der Waals surface area contributed by atoms with E-state index in [0.29, 0.717) is 6.04 Å². The highest BCUT2D eigenvalue weighted by molar-refractivity contribution is 5.75. The molecule has 4 heteroatoms. The monoisotopic (exact) mass is 183 g/mol. The molecular weight excluding hydrogens is 166 g/mol. The summed E-state index contributed by atoms with van der Waals surface area (Å²) in [4.78, 5) is 13.5. The summed E-state index contributed by atoms with van der Waals surface area (Å²) < 4.78 is 0. The van der Waals surface area contributed by atoms with Gasteiger partial charge in [0, 0.05) is 24.7 Å². The van der Waals surface area contributed by atoms with Crippen molar-refractivity contribution >= 4 is 6.03 Å². The lowest BCUT2D eigenvalue weighted by Crippen LogP contribution is -2.46. The van der Waals surface area contributed by atoms with Crippen molar-refractivity contribution in [2.24, 2.45) is 5.73 Å². The van der Waals surface area contributed by atoms with Crippen molar-refractivity contribution in [3.8, 4) is 0 Å². The van der Waals surface area contributed by atoms with Crippen LogP contribution >= 0.6 is 0 Å². The molecule has 74 valence electrons. The van der Waals surface area contributed by atoms with E-state index < -0.39 is 0 Å².